The Morgan fingerprint density at radius 3 is 1.83 bits per heavy atom. The van der Waals surface area contributed by atoms with Gasteiger partial charge in [-0.3, -0.25) is 0 Å². The standard InChI is InChI=1S/C53H31N3OS/c1-3-12-33(13-4-1)43-31-44(56-53(55-43)40-18-11-20-46-49(40)37-16-7-9-19-45(37)57-46)34-24-22-32(23-25-34)36-26-28-42-41(30-36)50-39(52(54-42)35-14-5-2-6-15-35)27-29-48-51(50)38-17-8-10-21-47(38)58-48/h1-31H. The average Bonchev–Trinajstić information content (AvgIpc) is 3.88. The summed E-state index contributed by atoms with van der Waals surface area (Å²) in [5.74, 6) is 0.661. The van der Waals surface area contributed by atoms with E-state index in [9.17, 15) is 0 Å². The Bertz CT molecular complexity index is 3550. The van der Waals surface area contributed by atoms with Crippen molar-refractivity contribution >= 4 is 75.1 Å². The number of thiophene rings is 1. The molecule has 0 fully saturated rings. The van der Waals surface area contributed by atoms with Gasteiger partial charge in [0.25, 0.3) is 0 Å². The van der Waals surface area contributed by atoms with Gasteiger partial charge < -0.3 is 4.42 Å². The van der Waals surface area contributed by atoms with Crippen LogP contribution in [0.25, 0.3) is 120 Å². The fourth-order valence-corrected chi connectivity index (χ4v) is 9.68. The van der Waals surface area contributed by atoms with Gasteiger partial charge in [0.1, 0.15) is 11.2 Å². The highest BCUT2D eigenvalue weighted by Crippen LogP contribution is 2.44. The van der Waals surface area contributed by atoms with Gasteiger partial charge in [-0.15, -0.1) is 11.3 Å². The van der Waals surface area contributed by atoms with Crippen molar-refractivity contribution in [2.45, 2.75) is 0 Å². The Hall–Kier alpha value is -7.47. The molecule has 0 bridgehead atoms. The number of furan rings is 1. The molecule has 8 aromatic carbocycles. The van der Waals surface area contributed by atoms with Crippen LogP contribution in [-0.2, 0) is 0 Å². The fraction of sp³-hybridized carbons (Fsp3) is 0. The highest BCUT2D eigenvalue weighted by atomic mass is 32.1. The van der Waals surface area contributed by atoms with Crippen LogP contribution >= 0.6 is 11.3 Å². The third kappa shape index (κ3) is 5.25. The Balaban J connectivity index is 1.02. The lowest BCUT2D eigenvalue weighted by Gasteiger charge is -2.13. The van der Waals surface area contributed by atoms with Gasteiger partial charge in [-0.05, 0) is 53.6 Å². The molecule has 0 radical (unpaired) electrons. The van der Waals surface area contributed by atoms with Gasteiger partial charge in [0.2, 0.25) is 0 Å². The first-order valence-electron chi connectivity index (χ1n) is 19.4. The quantitative estimate of drug-likeness (QED) is 0.164. The topological polar surface area (TPSA) is 51.8 Å². The molecule has 4 nitrogen and oxygen atoms in total. The number of fused-ring (bicyclic) bond motifs is 10. The number of hydrogen-bond donors (Lipinski definition) is 0. The van der Waals surface area contributed by atoms with Crippen molar-refractivity contribution in [1.82, 2.24) is 15.0 Å². The molecule has 0 N–H and O–H groups in total. The average molecular weight is 758 g/mol. The molecule has 0 aliphatic carbocycles. The van der Waals surface area contributed by atoms with Crippen LogP contribution in [-0.4, -0.2) is 15.0 Å². The maximum Gasteiger partial charge on any atom is 0.161 e. The molecule has 270 valence electrons. The van der Waals surface area contributed by atoms with Crippen LogP contribution in [0.4, 0.5) is 0 Å². The maximum absolute atomic E-state index is 6.25. The Morgan fingerprint density at radius 1 is 0.362 bits per heavy atom. The maximum atomic E-state index is 6.25. The first-order chi connectivity index (χ1) is 28.7. The second-order valence-corrected chi connectivity index (χ2v) is 15.8. The minimum Gasteiger partial charge on any atom is -0.456 e. The SMILES string of the molecule is c1ccc(-c2cc(-c3ccc(-c4ccc5nc(-c6ccccc6)c6ccc7sc8ccccc8c7c6c5c4)cc3)nc(-c3cccc4oc5ccccc5c34)n2)cc1. The minimum atomic E-state index is 0.661. The summed E-state index contributed by atoms with van der Waals surface area (Å²) in [5, 5.41) is 8.21. The summed E-state index contributed by atoms with van der Waals surface area (Å²) in [6.45, 7) is 0. The summed E-state index contributed by atoms with van der Waals surface area (Å²) < 4.78 is 8.83. The van der Waals surface area contributed by atoms with E-state index < -0.39 is 0 Å². The van der Waals surface area contributed by atoms with E-state index in [-0.39, 0.29) is 0 Å². The fourth-order valence-electron chi connectivity index (χ4n) is 8.57. The molecule has 4 aromatic heterocycles. The summed E-state index contributed by atoms with van der Waals surface area (Å²) in [4.78, 5) is 15.7. The molecule has 12 rings (SSSR count). The molecule has 0 amide bonds. The molecule has 58 heavy (non-hydrogen) atoms. The van der Waals surface area contributed by atoms with Crippen LogP contribution in [0, 0.1) is 0 Å². The van der Waals surface area contributed by atoms with Gasteiger partial charge in [-0.1, -0.05) is 146 Å². The van der Waals surface area contributed by atoms with E-state index in [0.29, 0.717) is 5.82 Å². The smallest absolute Gasteiger partial charge is 0.161 e. The van der Waals surface area contributed by atoms with Crippen LogP contribution in [0.3, 0.4) is 0 Å². The molecule has 0 saturated carbocycles. The van der Waals surface area contributed by atoms with Crippen LogP contribution in [0.15, 0.2) is 192 Å². The zero-order valence-corrected chi connectivity index (χ0v) is 31.9. The number of benzene rings is 8. The van der Waals surface area contributed by atoms with Gasteiger partial charge in [-0.2, -0.15) is 0 Å². The number of aromatic nitrogens is 3. The summed E-state index contributed by atoms with van der Waals surface area (Å²) in [7, 11) is 0. The van der Waals surface area contributed by atoms with Crippen LogP contribution < -0.4 is 0 Å². The van der Waals surface area contributed by atoms with E-state index in [4.69, 9.17) is 19.4 Å². The number of hydrogen-bond acceptors (Lipinski definition) is 5. The van der Waals surface area contributed by atoms with Gasteiger partial charge in [0.05, 0.1) is 22.6 Å². The van der Waals surface area contributed by atoms with Crippen molar-refractivity contribution < 1.29 is 4.42 Å². The number of nitrogens with zero attached hydrogens (tertiary/aromatic N) is 3. The summed E-state index contributed by atoms with van der Waals surface area (Å²) in [6.07, 6.45) is 0. The zero-order chi connectivity index (χ0) is 38.2. The first kappa shape index (κ1) is 32.7. The molecule has 12 aromatic rings. The van der Waals surface area contributed by atoms with Crippen molar-refractivity contribution in [3.63, 3.8) is 0 Å². The summed E-state index contributed by atoms with van der Waals surface area (Å²) in [6, 6.07) is 66.0. The molecular weight excluding hydrogens is 727 g/mol. The van der Waals surface area contributed by atoms with E-state index in [1.807, 2.05) is 59.9 Å². The molecule has 0 aliphatic heterocycles. The largest absolute Gasteiger partial charge is 0.456 e. The third-order valence-corrected chi connectivity index (χ3v) is 12.4. The number of rotatable bonds is 5. The predicted octanol–water partition coefficient (Wildman–Crippen LogP) is 14.8. The molecule has 0 aliphatic rings. The number of para-hydroxylation sites is 1. The Kier molecular flexibility index (Phi) is 7.37. The molecule has 0 saturated heterocycles. The monoisotopic (exact) mass is 757 g/mol. The van der Waals surface area contributed by atoms with Crippen LogP contribution in [0.2, 0.25) is 0 Å². The zero-order valence-electron chi connectivity index (χ0n) is 31.1. The normalized spacial score (nSPS) is 11.8. The lowest BCUT2D eigenvalue weighted by Crippen LogP contribution is -1.96. The van der Waals surface area contributed by atoms with Gasteiger partial charge >= 0.3 is 0 Å². The highest BCUT2D eigenvalue weighted by Gasteiger charge is 2.19. The van der Waals surface area contributed by atoms with Crippen molar-refractivity contribution in [3.05, 3.63) is 188 Å². The number of pyridine rings is 1. The molecule has 5 heteroatoms. The minimum absolute atomic E-state index is 0.661. The molecule has 4 heterocycles. The second-order valence-electron chi connectivity index (χ2n) is 14.7. The highest BCUT2D eigenvalue weighted by molar-refractivity contribution is 7.26. The van der Waals surface area contributed by atoms with Crippen LogP contribution in [0.5, 0.6) is 0 Å². The lowest BCUT2D eigenvalue weighted by molar-refractivity contribution is 0.669. The predicted molar refractivity (Wildman–Crippen MR) is 242 cm³/mol. The Morgan fingerprint density at radius 2 is 1.02 bits per heavy atom. The van der Waals surface area contributed by atoms with E-state index in [1.54, 1.807) is 0 Å². The second kappa shape index (κ2) is 13.1. The van der Waals surface area contributed by atoms with Gasteiger partial charge in [-0.25, -0.2) is 15.0 Å². The molecule has 0 unspecified atom stereocenters. The van der Waals surface area contributed by atoms with E-state index in [0.717, 1.165) is 88.7 Å². The van der Waals surface area contributed by atoms with Crippen molar-refractivity contribution in [1.29, 1.82) is 0 Å². The van der Waals surface area contributed by atoms with Gasteiger partial charge in [0.15, 0.2) is 5.82 Å². The lowest BCUT2D eigenvalue weighted by atomic mass is 9.94. The first-order valence-corrected chi connectivity index (χ1v) is 20.2. The van der Waals surface area contributed by atoms with Crippen molar-refractivity contribution in [2.75, 3.05) is 0 Å². The van der Waals surface area contributed by atoms with Gasteiger partial charge in [0, 0.05) is 69.4 Å². The summed E-state index contributed by atoms with van der Waals surface area (Å²) >= 11 is 1.85. The van der Waals surface area contributed by atoms with Crippen molar-refractivity contribution in [3.8, 4) is 56.3 Å². The van der Waals surface area contributed by atoms with Crippen LogP contribution in [0.1, 0.15) is 0 Å². The third-order valence-electron chi connectivity index (χ3n) is 11.3. The van der Waals surface area contributed by atoms with E-state index in [2.05, 4.69) is 140 Å². The summed E-state index contributed by atoms with van der Waals surface area (Å²) in [5.41, 5.74) is 11.8. The molecule has 0 spiro atoms. The molecule has 0 atom stereocenters. The Labute approximate surface area is 337 Å². The van der Waals surface area contributed by atoms with E-state index in [1.165, 1.54) is 25.6 Å². The molecular formula is C53H31N3OS. The van der Waals surface area contributed by atoms with Crippen molar-refractivity contribution in [2.24, 2.45) is 0 Å². The van der Waals surface area contributed by atoms with E-state index >= 15 is 0 Å².